The number of rotatable bonds is 3. The van der Waals surface area contributed by atoms with Gasteiger partial charge in [-0.25, -0.2) is 0 Å². The van der Waals surface area contributed by atoms with Crippen LogP contribution in [0.3, 0.4) is 0 Å². The molecule has 4 heteroatoms. The van der Waals surface area contributed by atoms with E-state index in [2.05, 4.69) is 15.5 Å². The number of hydrogen-bond donors (Lipinski definition) is 2. The van der Waals surface area contributed by atoms with Gasteiger partial charge in [-0.05, 0) is 25.7 Å². The molecule has 1 amide bonds. The highest BCUT2D eigenvalue weighted by molar-refractivity contribution is 5.89. The third-order valence-corrected chi connectivity index (χ3v) is 3.17. The van der Waals surface area contributed by atoms with Gasteiger partial charge in [0.15, 0.2) is 5.82 Å². The predicted molar refractivity (Wildman–Crippen MR) is 63.1 cm³/mol. The molecule has 1 aliphatic rings. The zero-order valence-corrected chi connectivity index (χ0v) is 9.75. The maximum Gasteiger partial charge on any atom is 0.225 e. The molecule has 1 aromatic rings. The van der Waals surface area contributed by atoms with E-state index >= 15 is 0 Å². The minimum Gasteiger partial charge on any atom is -0.309 e. The van der Waals surface area contributed by atoms with Crippen LogP contribution < -0.4 is 5.32 Å². The van der Waals surface area contributed by atoms with Gasteiger partial charge < -0.3 is 5.32 Å². The smallest absolute Gasteiger partial charge is 0.225 e. The maximum absolute atomic E-state index is 11.7. The number of H-pyrrole nitrogens is 1. The Labute approximate surface area is 95.8 Å². The number of aryl methyl sites for hydroxylation is 1. The number of hydrogen-bond acceptors (Lipinski definition) is 2. The lowest BCUT2D eigenvalue weighted by Gasteiger charge is -2.20. The Hall–Kier alpha value is -1.32. The van der Waals surface area contributed by atoms with Crippen molar-refractivity contribution in [3.05, 3.63) is 11.8 Å². The summed E-state index contributed by atoms with van der Waals surface area (Å²) < 4.78 is 0. The Morgan fingerprint density at radius 1 is 1.50 bits per heavy atom. The van der Waals surface area contributed by atoms with E-state index in [9.17, 15) is 4.79 Å². The Kier molecular flexibility index (Phi) is 3.59. The van der Waals surface area contributed by atoms with E-state index in [1.54, 1.807) is 0 Å². The second-order valence-electron chi connectivity index (χ2n) is 4.69. The highest BCUT2D eigenvalue weighted by Gasteiger charge is 2.17. The number of aromatic nitrogens is 2. The zero-order valence-electron chi connectivity index (χ0n) is 9.75. The summed E-state index contributed by atoms with van der Waals surface area (Å²) in [6.07, 6.45) is 6.93. The lowest BCUT2D eigenvalue weighted by Crippen LogP contribution is -2.18. The molecule has 1 fully saturated rings. The van der Waals surface area contributed by atoms with Crippen molar-refractivity contribution < 1.29 is 4.79 Å². The molecular weight excluding hydrogens is 202 g/mol. The average molecular weight is 221 g/mol. The molecule has 0 saturated heterocycles. The van der Waals surface area contributed by atoms with Crippen molar-refractivity contribution in [3.8, 4) is 0 Å². The van der Waals surface area contributed by atoms with E-state index in [0.29, 0.717) is 18.2 Å². The Morgan fingerprint density at radius 3 is 2.88 bits per heavy atom. The highest BCUT2D eigenvalue weighted by Crippen LogP contribution is 2.26. The largest absolute Gasteiger partial charge is 0.309 e. The van der Waals surface area contributed by atoms with Crippen LogP contribution in [0.4, 0.5) is 5.82 Å². The zero-order chi connectivity index (χ0) is 11.4. The second kappa shape index (κ2) is 5.14. The van der Waals surface area contributed by atoms with Crippen molar-refractivity contribution in [2.75, 3.05) is 5.32 Å². The lowest BCUT2D eigenvalue weighted by atomic mass is 9.87. The fraction of sp³-hybridized carbons (Fsp3) is 0.667. The van der Waals surface area contributed by atoms with E-state index in [4.69, 9.17) is 0 Å². The monoisotopic (exact) mass is 221 g/mol. The second-order valence-corrected chi connectivity index (χ2v) is 4.69. The van der Waals surface area contributed by atoms with Crippen molar-refractivity contribution in [2.24, 2.45) is 5.92 Å². The van der Waals surface area contributed by atoms with Crippen molar-refractivity contribution >= 4 is 11.7 Å². The maximum atomic E-state index is 11.7. The van der Waals surface area contributed by atoms with Gasteiger partial charge >= 0.3 is 0 Å². The Bertz CT molecular complexity index is 353. The summed E-state index contributed by atoms with van der Waals surface area (Å²) in [5.74, 6) is 1.31. The molecule has 1 aromatic heterocycles. The number of carbonyl (C=O) groups excluding carboxylic acids is 1. The Morgan fingerprint density at radius 2 is 2.25 bits per heavy atom. The molecule has 1 aliphatic carbocycles. The first-order valence-corrected chi connectivity index (χ1v) is 6.06. The summed E-state index contributed by atoms with van der Waals surface area (Å²) in [5, 5.41) is 9.63. The van der Waals surface area contributed by atoms with Crippen LogP contribution in [0.25, 0.3) is 0 Å². The van der Waals surface area contributed by atoms with Gasteiger partial charge in [0.25, 0.3) is 0 Å². The summed E-state index contributed by atoms with van der Waals surface area (Å²) >= 11 is 0. The molecule has 0 atom stereocenters. The number of aromatic amines is 1. The van der Waals surface area contributed by atoms with Gasteiger partial charge in [0.2, 0.25) is 5.91 Å². The van der Waals surface area contributed by atoms with Crippen LogP contribution in [0, 0.1) is 12.8 Å². The molecule has 0 bridgehead atoms. The molecule has 1 saturated carbocycles. The third kappa shape index (κ3) is 3.08. The molecule has 0 spiro atoms. The minimum atomic E-state index is 0.0957. The van der Waals surface area contributed by atoms with Gasteiger partial charge in [0.1, 0.15) is 0 Å². The summed E-state index contributed by atoms with van der Waals surface area (Å²) in [7, 11) is 0. The first-order valence-electron chi connectivity index (χ1n) is 6.06. The first-order chi connectivity index (χ1) is 7.74. The topological polar surface area (TPSA) is 57.8 Å². The summed E-state index contributed by atoms with van der Waals surface area (Å²) in [6.45, 7) is 1.92. The van der Waals surface area contributed by atoms with Crippen molar-refractivity contribution in [1.82, 2.24) is 10.2 Å². The van der Waals surface area contributed by atoms with Gasteiger partial charge in [-0.2, -0.15) is 5.10 Å². The van der Waals surface area contributed by atoms with E-state index in [1.165, 1.54) is 32.1 Å². The third-order valence-electron chi connectivity index (χ3n) is 3.17. The van der Waals surface area contributed by atoms with Gasteiger partial charge in [-0.3, -0.25) is 9.89 Å². The lowest BCUT2D eigenvalue weighted by molar-refractivity contribution is -0.117. The number of carbonyl (C=O) groups is 1. The Balaban J connectivity index is 1.79. The normalized spacial score (nSPS) is 17.3. The molecule has 0 radical (unpaired) electrons. The van der Waals surface area contributed by atoms with Gasteiger partial charge in [-0.15, -0.1) is 0 Å². The molecule has 1 heterocycles. The number of amides is 1. The number of anilines is 1. The fourth-order valence-corrected chi connectivity index (χ4v) is 2.33. The molecule has 0 aliphatic heterocycles. The first kappa shape index (κ1) is 11.2. The highest BCUT2D eigenvalue weighted by atomic mass is 16.1. The molecule has 88 valence electrons. The van der Waals surface area contributed by atoms with Gasteiger partial charge in [-0.1, -0.05) is 19.3 Å². The molecule has 0 unspecified atom stereocenters. The SMILES string of the molecule is Cc1cc(NC(=O)CC2CCCCC2)n[nH]1. The van der Waals surface area contributed by atoms with Crippen molar-refractivity contribution in [1.29, 1.82) is 0 Å². The fourth-order valence-electron chi connectivity index (χ4n) is 2.33. The van der Waals surface area contributed by atoms with Crippen LogP contribution in [0.2, 0.25) is 0 Å². The molecule has 0 aromatic carbocycles. The van der Waals surface area contributed by atoms with Gasteiger partial charge in [0, 0.05) is 18.2 Å². The van der Waals surface area contributed by atoms with Crippen LogP contribution in [0.1, 0.15) is 44.2 Å². The minimum absolute atomic E-state index is 0.0957. The van der Waals surface area contributed by atoms with E-state index in [0.717, 1.165) is 5.69 Å². The molecular formula is C12H19N3O. The molecule has 16 heavy (non-hydrogen) atoms. The van der Waals surface area contributed by atoms with Crippen LogP contribution >= 0.6 is 0 Å². The number of nitrogens with one attached hydrogen (secondary N) is 2. The van der Waals surface area contributed by atoms with Crippen LogP contribution in [0.15, 0.2) is 6.07 Å². The molecule has 4 nitrogen and oxygen atoms in total. The number of nitrogens with zero attached hydrogens (tertiary/aromatic N) is 1. The average Bonchev–Trinajstić information content (AvgIpc) is 2.65. The predicted octanol–water partition coefficient (Wildman–Crippen LogP) is 2.63. The summed E-state index contributed by atoms with van der Waals surface area (Å²) in [5.41, 5.74) is 0.966. The van der Waals surface area contributed by atoms with E-state index in [1.807, 2.05) is 13.0 Å². The van der Waals surface area contributed by atoms with Crippen molar-refractivity contribution in [3.63, 3.8) is 0 Å². The van der Waals surface area contributed by atoms with Crippen LogP contribution in [-0.4, -0.2) is 16.1 Å². The van der Waals surface area contributed by atoms with Crippen LogP contribution in [-0.2, 0) is 4.79 Å². The van der Waals surface area contributed by atoms with Crippen LogP contribution in [0.5, 0.6) is 0 Å². The van der Waals surface area contributed by atoms with Crippen molar-refractivity contribution in [2.45, 2.75) is 45.4 Å². The van der Waals surface area contributed by atoms with Gasteiger partial charge in [0.05, 0.1) is 0 Å². The molecule has 2 N–H and O–H groups in total. The molecule has 2 rings (SSSR count). The summed E-state index contributed by atoms with van der Waals surface area (Å²) in [6, 6.07) is 1.85. The van der Waals surface area contributed by atoms with E-state index in [-0.39, 0.29) is 5.91 Å². The van der Waals surface area contributed by atoms with E-state index < -0.39 is 0 Å². The summed E-state index contributed by atoms with van der Waals surface area (Å²) in [4.78, 5) is 11.7. The quantitative estimate of drug-likeness (QED) is 0.824. The standard InChI is InChI=1S/C12H19N3O/c1-9-7-11(15-14-9)13-12(16)8-10-5-3-2-4-6-10/h7,10H,2-6,8H2,1H3,(H2,13,14,15,16).